The van der Waals surface area contributed by atoms with Crippen LogP contribution in [0.5, 0.6) is 5.75 Å². The third-order valence-electron chi connectivity index (χ3n) is 5.07. The molecule has 0 saturated carbocycles. The number of hydrogen-bond donors (Lipinski definition) is 1. The van der Waals surface area contributed by atoms with Crippen LogP contribution in [0, 0.1) is 11.6 Å². The average Bonchev–Trinajstić information content (AvgIpc) is 2.74. The maximum atomic E-state index is 13.4. The largest absolute Gasteiger partial charge is 0.497 e. The second kappa shape index (κ2) is 9.01. The third kappa shape index (κ3) is 4.78. The van der Waals surface area contributed by atoms with Crippen molar-refractivity contribution >= 4 is 11.6 Å². The molecular weight excluding hydrogens is 364 g/mol. The normalized spacial score (nSPS) is 15.4. The van der Waals surface area contributed by atoms with Crippen molar-refractivity contribution < 1.29 is 18.3 Å². The van der Waals surface area contributed by atoms with Gasteiger partial charge >= 0.3 is 0 Å². The summed E-state index contributed by atoms with van der Waals surface area (Å²) in [6.07, 6.45) is 0. The maximum Gasteiger partial charge on any atom is 0.236 e. The van der Waals surface area contributed by atoms with Crippen molar-refractivity contribution in [3.63, 3.8) is 0 Å². The van der Waals surface area contributed by atoms with Crippen LogP contribution >= 0.6 is 0 Å². The second-order valence-electron chi connectivity index (χ2n) is 6.84. The van der Waals surface area contributed by atoms with Gasteiger partial charge in [-0.05, 0) is 48.9 Å². The van der Waals surface area contributed by atoms with Gasteiger partial charge in [-0.25, -0.2) is 8.78 Å². The van der Waals surface area contributed by atoms with Crippen LogP contribution in [-0.4, -0.2) is 50.6 Å². The Balaban J connectivity index is 1.47. The number of nitrogens with one attached hydrogen (secondary N) is 1. The summed E-state index contributed by atoms with van der Waals surface area (Å²) in [5.74, 6) is -0.934. The molecule has 0 aromatic heterocycles. The molecule has 1 atom stereocenters. The van der Waals surface area contributed by atoms with Crippen molar-refractivity contribution in [2.75, 3.05) is 44.7 Å². The van der Waals surface area contributed by atoms with Gasteiger partial charge in [0.15, 0.2) is 11.6 Å². The van der Waals surface area contributed by atoms with E-state index in [0.717, 1.165) is 36.7 Å². The molecule has 7 heteroatoms. The number of piperazine rings is 1. The van der Waals surface area contributed by atoms with Crippen molar-refractivity contribution in [2.45, 2.75) is 13.0 Å². The van der Waals surface area contributed by atoms with E-state index < -0.39 is 11.6 Å². The Morgan fingerprint density at radius 2 is 1.75 bits per heavy atom. The Kier molecular flexibility index (Phi) is 6.46. The number of carbonyl (C=O) groups is 1. The zero-order chi connectivity index (χ0) is 20.1. The SMILES string of the molecule is COc1ccc(N2CCN(C(=O)CN[C@H](C)c3ccc(F)c(F)c3)CC2)cc1. The molecule has 1 saturated heterocycles. The van der Waals surface area contributed by atoms with E-state index in [1.807, 2.05) is 36.1 Å². The average molecular weight is 389 g/mol. The van der Waals surface area contributed by atoms with Crippen LogP contribution in [0.4, 0.5) is 14.5 Å². The maximum absolute atomic E-state index is 13.4. The first-order valence-corrected chi connectivity index (χ1v) is 9.33. The number of amides is 1. The van der Waals surface area contributed by atoms with Gasteiger partial charge in [0.2, 0.25) is 5.91 Å². The summed E-state index contributed by atoms with van der Waals surface area (Å²) < 4.78 is 31.6. The predicted octanol–water partition coefficient (Wildman–Crippen LogP) is 2.97. The van der Waals surface area contributed by atoms with E-state index in [1.165, 1.54) is 6.07 Å². The van der Waals surface area contributed by atoms with Crippen LogP contribution in [0.1, 0.15) is 18.5 Å². The number of rotatable bonds is 6. The van der Waals surface area contributed by atoms with Crippen LogP contribution < -0.4 is 15.0 Å². The zero-order valence-corrected chi connectivity index (χ0v) is 16.1. The van der Waals surface area contributed by atoms with Crippen molar-refractivity contribution in [1.29, 1.82) is 0 Å². The first kappa shape index (κ1) is 20.1. The number of hydrogen-bond acceptors (Lipinski definition) is 4. The molecule has 1 heterocycles. The first-order chi connectivity index (χ1) is 13.5. The van der Waals surface area contributed by atoms with Crippen molar-refractivity contribution in [3.05, 3.63) is 59.7 Å². The molecule has 1 amide bonds. The highest BCUT2D eigenvalue weighted by Crippen LogP contribution is 2.20. The molecular formula is C21H25F2N3O2. The summed E-state index contributed by atoms with van der Waals surface area (Å²) in [6.45, 7) is 4.79. The summed E-state index contributed by atoms with van der Waals surface area (Å²) in [6, 6.07) is 11.4. The Hall–Kier alpha value is -2.67. The molecule has 3 rings (SSSR count). The quantitative estimate of drug-likeness (QED) is 0.825. The van der Waals surface area contributed by atoms with Crippen LogP contribution in [0.2, 0.25) is 0 Å². The minimum absolute atomic E-state index is 0.00353. The zero-order valence-electron chi connectivity index (χ0n) is 16.1. The predicted molar refractivity (Wildman–Crippen MR) is 105 cm³/mol. The van der Waals surface area contributed by atoms with Crippen molar-refractivity contribution in [2.24, 2.45) is 0 Å². The van der Waals surface area contributed by atoms with Gasteiger partial charge in [-0.3, -0.25) is 4.79 Å². The summed E-state index contributed by atoms with van der Waals surface area (Å²) in [5.41, 5.74) is 1.72. The molecule has 0 unspecified atom stereocenters. The molecule has 0 spiro atoms. The Morgan fingerprint density at radius 1 is 1.07 bits per heavy atom. The van der Waals surface area contributed by atoms with Crippen LogP contribution in [0.25, 0.3) is 0 Å². The molecule has 1 N–H and O–H groups in total. The lowest BCUT2D eigenvalue weighted by atomic mass is 10.1. The van der Waals surface area contributed by atoms with Gasteiger partial charge < -0.3 is 19.9 Å². The van der Waals surface area contributed by atoms with E-state index in [1.54, 1.807) is 7.11 Å². The van der Waals surface area contributed by atoms with Gasteiger partial charge in [-0.15, -0.1) is 0 Å². The van der Waals surface area contributed by atoms with Crippen LogP contribution in [0.15, 0.2) is 42.5 Å². The highest BCUT2D eigenvalue weighted by Gasteiger charge is 2.21. The van der Waals surface area contributed by atoms with Gasteiger partial charge in [0.05, 0.1) is 13.7 Å². The van der Waals surface area contributed by atoms with Gasteiger partial charge in [-0.1, -0.05) is 6.07 Å². The molecule has 1 aliphatic rings. The van der Waals surface area contributed by atoms with Gasteiger partial charge in [0.25, 0.3) is 0 Å². The standard InChI is InChI=1S/C21H25F2N3O2/c1-15(16-3-8-19(22)20(23)13-16)24-14-21(27)26-11-9-25(10-12-26)17-4-6-18(28-2)7-5-17/h3-8,13,15,24H,9-12,14H2,1-2H3/t15-/m1/s1. The first-order valence-electron chi connectivity index (χ1n) is 9.33. The summed E-state index contributed by atoms with van der Waals surface area (Å²) in [7, 11) is 1.64. The topological polar surface area (TPSA) is 44.8 Å². The van der Waals surface area contributed by atoms with E-state index in [0.29, 0.717) is 18.7 Å². The number of carbonyl (C=O) groups excluding carboxylic acids is 1. The van der Waals surface area contributed by atoms with E-state index in [4.69, 9.17) is 4.74 Å². The molecule has 0 aliphatic carbocycles. The number of methoxy groups -OCH3 is 1. The molecule has 1 fully saturated rings. The fraction of sp³-hybridized carbons (Fsp3) is 0.381. The summed E-state index contributed by atoms with van der Waals surface area (Å²) >= 11 is 0. The summed E-state index contributed by atoms with van der Waals surface area (Å²) in [4.78, 5) is 16.5. The van der Waals surface area contributed by atoms with Gasteiger partial charge in [0, 0.05) is 37.9 Å². The van der Waals surface area contributed by atoms with Crippen molar-refractivity contribution in [1.82, 2.24) is 10.2 Å². The van der Waals surface area contributed by atoms with Gasteiger partial charge in [0.1, 0.15) is 5.75 Å². The summed E-state index contributed by atoms with van der Waals surface area (Å²) in [5, 5.41) is 3.09. The highest BCUT2D eigenvalue weighted by molar-refractivity contribution is 5.78. The molecule has 0 radical (unpaired) electrons. The highest BCUT2D eigenvalue weighted by atomic mass is 19.2. The van der Waals surface area contributed by atoms with Gasteiger partial charge in [-0.2, -0.15) is 0 Å². The second-order valence-corrected chi connectivity index (χ2v) is 6.84. The molecule has 150 valence electrons. The van der Waals surface area contributed by atoms with Crippen molar-refractivity contribution in [3.8, 4) is 5.75 Å². The van der Waals surface area contributed by atoms with E-state index in [-0.39, 0.29) is 18.5 Å². The molecule has 28 heavy (non-hydrogen) atoms. The lowest BCUT2D eigenvalue weighted by Crippen LogP contribution is -2.51. The number of halogens is 2. The molecule has 2 aromatic rings. The third-order valence-corrected chi connectivity index (χ3v) is 5.07. The minimum Gasteiger partial charge on any atom is -0.497 e. The van der Waals surface area contributed by atoms with Crippen LogP contribution in [0.3, 0.4) is 0 Å². The van der Waals surface area contributed by atoms with E-state index in [2.05, 4.69) is 10.2 Å². The Labute approximate surface area is 163 Å². The number of anilines is 1. The van der Waals surface area contributed by atoms with Crippen LogP contribution in [-0.2, 0) is 4.79 Å². The Morgan fingerprint density at radius 3 is 2.36 bits per heavy atom. The lowest BCUT2D eigenvalue weighted by molar-refractivity contribution is -0.130. The minimum atomic E-state index is -0.882. The smallest absolute Gasteiger partial charge is 0.236 e. The number of ether oxygens (including phenoxy) is 1. The molecule has 0 bridgehead atoms. The van der Waals surface area contributed by atoms with E-state index in [9.17, 15) is 13.6 Å². The molecule has 1 aliphatic heterocycles. The Bertz CT molecular complexity index is 806. The fourth-order valence-corrected chi connectivity index (χ4v) is 3.26. The monoisotopic (exact) mass is 389 g/mol. The fourth-order valence-electron chi connectivity index (χ4n) is 3.26. The number of benzene rings is 2. The molecule has 2 aromatic carbocycles. The molecule has 5 nitrogen and oxygen atoms in total. The number of nitrogens with zero attached hydrogens (tertiary/aromatic N) is 2. The van der Waals surface area contributed by atoms with E-state index >= 15 is 0 Å². The lowest BCUT2D eigenvalue weighted by Gasteiger charge is -2.36.